The van der Waals surface area contributed by atoms with Gasteiger partial charge in [0.05, 0.1) is 33.6 Å². The molecule has 0 saturated carbocycles. The fourth-order valence-electron chi connectivity index (χ4n) is 3.02. The average Bonchev–Trinajstić information content (AvgIpc) is 2.79. The number of nitriles is 1. The second kappa shape index (κ2) is 8.64. The third-order valence-corrected chi connectivity index (χ3v) is 5.35. The standard InChI is InChI=1S/C23H16N4O2S/c24-14-16-8-4-6-12-19(16)25-21(28)15-30-23-26-20-13-7-5-11-18(20)22(29)27(23)17-9-2-1-3-10-17/h1-13H,15H2,(H,25,28). The number of anilines is 1. The molecule has 0 bridgehead atoms. The number of aromatic nitrogens is 2. The third kappa shape index (κ3) is 3.95. The van der Waals surface area contributed by atoms with Gasteiger partial charge in [-0.15, -0.1) is 0 Å². The van der Waals surface area contributed by atoms with Gasteiger partial charge in [-0.3, -0.25) is 14.2 Å². The van der Waals surface area contributed by atoms with Crippen molar-refractivity contribution in [2.45, 2.75) is 5.16 Å². The number of benzene rings is 3. The molecule has 4 aromatic rings. The van der Waals surface area contributed by atoms with Crippen LogP contribution in [-0.4, -0.2) is 21.2 Å². The Balaban J connectivity index is 1.66. The minimum Gasteiger partial charge on any atom is -0.324 e. The molecule has 0 spiro atoms. The molecular formula is C23H16N4O2S. The van der Waals surface area contributed by atoms with Gasteiger partial charge in [-0.25, -0.2) is 4.98 Å². The normalized spacial score (nSPS) is 10.5. The van der Waals surface area contributed by atoms with E-state index >= 15 is 0 Å². The Bertz CT molecular complexity index is 1330. The van der Waals surface area contributed by atoms with Crippen LogP contribution >= 0.6 is 11.8 Å². The summed E-state index contributed by atoms with van der Waals surface area (Å²) in [6, 6.07) is 25.2. The molecule has 0 radical (unpaired) electrons. The molecule has 1 aromatic heterocycles. The lowest BCUT2D eigenvalue weighted by Crippen LogP contribution is -2.23. The first-order chi connectivity index (χ1) is 14.7. The quantitative estimate of drug-likeness (QED) is 0.396. The number of carbonyl (C=O) groups excluding carboxylic acids is 1. The molecule has 1 amide bonds. The van der Waals surface area contributed by atoms with Gasteiger partial charge in [0.15, 0.2) is 5.16 Å². The highest BCUT2D eigenvalue weighted by Crippen LogP contribution is 2.22. The molecule has 30 heavy (non-hydrogen) atoms. The van der Waals surface area contributed by atoms with Crippen molar-refractivity contribution in [2.24, 2.45) is 0 Å². The molecule has 1 N–H and O–H groups in total. The Morgan fingerprint density at radius 3 is 2.50 bits per heavy atom. The SMILES string of the molecule is N#Cc1ccccc1NC(=O)CSc1nc2ccccc2c(=O)n1-c1ccccc1. The van der Waals surface area contributed by atoms with Gasteiger partial charge in [-0.05, 0) is 36.4 Å². The highest BCUT2D eigenvalue weighted by Gasteiger charge is 2.15. The first-order valence-corrected chi connectivity index (χ1v) is 10.1. The van der Waals surface area contributed by atoms with E-state index in [1.807, 2.05) is 36.4 Å². The number of amides is 1. The first-order valence-electron chi connectivity index (χ1n) is 9.16. The molecule has 4 rings (SSSR count). The summed E-state index contributed by atoms with van der Waals surface area (Å²) in [5.74, 6) is -0.248. The van der Waals surface area contributed by atoms with Gasteiger partial charge in [-0.1, -0.05) is 54.2 Å². The molecule has 146 valence electrons. The summed E-state index contributed by atoms with van der Waals surface area (Å²) < 4.78 is 1.52. The number of hydrogen-bond donors (Lipinski definition) is 1. The lowest BCUT2D eigenvalue weighted by atomic mass is 10.2. The van der Waals surface area contributed by atoms with Crippen LogP contribution in [0.15, 0.2) is 88.8 Å². The van der Waals surface area contributed by atoms with Gasteiger partial charge in [0.2, 0.25) is 5.91 Å². The van der Waals surface area contributed by atoms with Crippen LogP contribution in [0.2, 0.25) is 0 Å². The topological polar surface area (TPSA) is 87.8 Å². The van der Waals surface area contributed by atoms with Crippen molar-refractivity contribution in [2.75, 3.05) is 11.1 Å². The lowest BCUT2D eigenvalue weighted by Gasteiger charge is -2.13. The zero-order chi connectivity index (χ0) is 20.9. The fraction of sp³-hybridized carbons (Fsp3) is 0.0435. The van der Waals surface area contributed by atoms with Crippen LogP contribution in [0, 0.1) is 11.3 Å². The summed E-state index contributed by atoms with van der Waals surface area (Å²) in [6.45, 7) is 0. The molecule has 0 aliphatic heterocycles. The van der Waals surface area contributed by atoms with Crippen LogP contribution in [0.1, 0.15) is 5.56 Å². The van der Waals surface area contributed by atoms with E-state index in [1.54, 1.807) is 42.5 Å². The highest BCUT2D eigenvalue weighted by atomic mass is 32.2. The first kappa shape index (κ1) is 19.4. The van der Waals surface area contributed by atoms with Crippen molar-refractivity contribution in [3.05, 3.63) is 94.8 Å². The fourth-order valence-corrected chi connectivity index (χ4v) is 3.83. The van der Waals surface area contributed by atoms with Crippen LogP contribution < -0.4 is 10.9 Å². The van der Waals surface area contributed by atoms with Crippen molar-refractivity contribution in [1.29, 1.82) is 5.26 Å². The molecular weight excluding hydrogens is 396 g/mol. The van der Waals surface area contributed by atoms with Crippen molar-refractivity contribution in [3.63, 3.8) is 0 Å². The van der Waals surface area contributed by atoms with E-state index in [-0.39, 0.29) is 17.2 Å². The molecule has 0 atom stereocenters. The molecule has 0 unspecified atom stereocenters. The van der Waals surface area contributed by atoms with E-state index < -0.39 is 0 Å². The molecule has 0 aliphatic carbocycles. The Morgan fingerprint density at radius 2 is 1.70 bits per heavy atom. The van der Waals surface area contributed by atoms with Crippen LogP contribution in [0.4, 0.5) is 5.69 Å². The summed E-state index contributed by atoms with van der Waals surface area (Å²) in [5, 5.41) is 12.9. The molecule has 7 heteroatoms. The van der Waals surface area contributed by atoms with Gasteiger partial charge in [-0.2, -0.15) is 5.26 Å². The van der Waals surface area contributed by atoms with Gasteiger partial charge in [0.25, 0.3) is 5.56 Å². The van der Waals surface area contributed by atoms with E-state index in [0.29, 0.717) is 33.0 Å². The Kier molecular flexibility index (Phi) is 5.59. The third-order valence-electron chi connectivity index (χ3n) is 4.41. The average molecular weight is 412 g/mol. The summed E-state index contributed by atoms with van der Waals surface area (Å²) in [5.41, 5.74) is 1.91. The van der Waals surface area contributed by atoms with E-state index in [2.05, 4.69) is 16.4 Å². The molecule has 0 saturated heterocycles. The van der Waals surface area contributed by atoms with Crippen molar-refractivity contribution in [1.82, 2.24) is 9.55 Å². The minimum atomic E-state index is -0.287. The van der Waals surface area contributed by atoms with Crippen LogP contribution in [-0.2, 0) is 4.79 Å². The maximum atomic E-state index is 13.1. The van der Waals surface area contributed by atoms with Gasteiger partial charge in [0, 0.05) is 0 Å². The van der Waals surface area contributed by atoms with Crippen LogP contribution in [0.25, 0.3) is 16.6 Å². The Hall–Kier alpha value is -3.89. The largest absolute Gasteiger partial charge is 0.324 e. The highest BCUT2D eigenvalue weighted by molar-refractivity contribution is 7.99. The van der Waals surface area contributed by atoms with E-state index in [9.17, 15) is 14.9 Å². The van der Waals surface area contributed by atoms with E-state index in [1.165, 1.54) is 16.3 Å². The van der Waals surface area contributed by atoms with Crippen molar-refractivity contribution in [3.8, 4) is 11.8 Å². The van der Waals surface area contributed by atoms with Gasteiger partial charge in [0.1, 0.15) is 6.07 Å². The van der Waals surface area contributed by atoms with Crippen LogP contribution in [0.5, 0.6) is 0 Å². The maximum Gasteiger partial charge on any atom is 0.266 e. The Labute approximate surface area is 176 Å². The summed E-state index contributed by atoms with van der Waals surface area (Å²) in [7, 11) is 0. The second-order valence-electron chi connectivity index (χ2n) is 6.38. The molecule has 6 nitrogen and oxygen atoms in total. The number of nitrogens with zero attached hydrogens (tertiary/aromatic N) is 3. The van der Waals surface area contributed by atoms with Gasteiger partial charge >= 0.3 is 0 Å². The van der Waals surface area contributed by atoms with Crippen molar-refractivity contribution >= 4 is 34.3 Å². The lowest BCUT2D eigenvalue weighted by molar-refractivity contribution is -0.113. The molecule has 0 fully saturated rings. The minimum absolute atomic E-state index is 0.0391. The smallest absolute Gasteiger partial charge is 0.266 e. The molecule has 3 aromatic carbocycles. The van der Waals surface area contributed by atoms with E-state index in [4.69, 9.17) is 0 Å². The van der Waals surface area contributed by atoms with Crippen molar-refractivity contribution < 1.29 is 4.79 Å². The summed E-state index contributed by atoms with van der Waals surface area (Å²) in [4.78, 5) is 30.3. The Morgan fingerprint density at radius 1 is 1.00 bits per heavy atom. The zero-order valence-corrected chi connectivity index (χ0v) is 16.6. The second-order valence-corrected chi connectivity index (χ2v) is 7.32. The number of carbonyl (C=O) groups is 1. The van der Waals surface area contributed by atoms with E-state index in [0.717, 1.165) is 0 Å². The predicted molar refractivity (Wildman–Crippen MR) is 118 cm³/mol. The number of para-hydroxylation sites is 3. The zero-order valence-electron chi connectivity index (χ0n) is 15.8. The molecule has 1 heterocycles. The number of fused-ring (bicyclic) bond motifs is 1. The maximum absolute atomic E-state index is 13.1. The number of hydrogen-bond acceptors (Lipinski definition) is 5. The number of thioether (sulfide) groups is 1. The predicted octanol–water partition coefficient (Wildman–Crippen LogP) is 3.99. The summed E-state index contributed by atoms with van der Waals surface area (Å²) >= 11 is 1.17. The molecule has 0 aliphatic rings. The van der Waals surface area contributed by atoms with Gasteiger partial charge < -0.3 is 5.32 Å². The summed E-state index contributed by atoms with van der Waals surface area (Å²) in [6.07, 6.45) is 0. The number of nitrogens with one attached hydrogen (secondary N) is 1. The van der Waals surface area contributed by atoms with Crippen LogP contribution in [0.3, 0.4) is 0 Å². The monoisotopic (exact) mass is 412 g/mol. The number of rotatable bonds is 5.